The summed E-state index contributed by atoms with van der Waals surface area (Å²) in [6.07, 6.45) is 0. The number of benzene rings is 1. The molecular weight excluding hydrogens is 423 g/mol. The maximum absolute atomic E-state index is 13.2. The Labute approximate surface area is 180 Å². The number of rotatable bonds is 4. The van der Waals surface area contributed by atoms with E-state index in [2.05, 4.69) is 32.6 Å². The van der Waals surface area contributed by atoms with Crippen molar-refractivity contribution in [2.45, 2.75) is 38.5 Å². The molecule has 0 radical (unpaired) electrons. The molecule has 1 aromatic carbocycles. The molecule has 160 valence electrons. The molecule has 0 bridgehead atoms. The molecule has 9 heteroatoms. The van der Waals surface area contributed by atoms with Crippen LogP contribution in [0.4, 0.5) is 10.2 Å². The van der Waals surface area contributed by atoms with Crippen molar-refractivity contribution in [1.82, 2.24) is 14.3 Å². The second-order valence-corrected chi connectivity index (χ2v) is 11.0. The Morgan fingerprint density at radius 2 is 1.67 bits per heavy atom. The highest BCUT2D eigenvalue weighted by atomic mass is 32.2. The van der Waals surface area contributed by atoms with Crippen LogP contribution in [0.5, 0.6) is 0 Å². The minimum Gasteiger partial charge on any atom is -0.353 e. The summed E-state index contributed by atoms with van der Waals surface area (Å²) < 4.78 is 40.5. The topological polar surface area (TPSA) is 66.4 Å². The van der Waals surface area contributed by atoms with Gasteiger partial charge in [0.25, 0.3) is 0 Å². The Morgan fingerprint density at radius 3 is 2.27 bits per heavy atom. The highest BCUT2D eigenvalue weighted by Gasteiger charge is 2.30. The van der Waals surface area contributed by atoms with Crippen LogP contribution in [0, 0.1) is 19.7 Å². The van der Waals surface area contributed by atoms with Crippen LogP contribution in [-0.4, -0.2) is 48.9 Å². The Bertz CT molecular complexity index is 1180. The number of hydrogen-bond donors (Lipinski definition) is 0. The molecule has 1 saturated heterocycles. The van der Waals surface area contributed by atoms with Gasteiger partial charge in [0.1, 0.15) is 22.3 Å². The number of fused-ring (bicyclic) bond motifs is 1. The molecule has 0 atom stereocenters. The number of aromatic nitrogens is 2. The number of aryl methyl sites for hydroxylation is 2. The maximum atomic E-state index is 13.2. The molecular formula is C21H25FN4O2S2. The molecule has 0 unspecified atom stereocenters. The summed E-state index contributed by atoms with van der Waals surface area (Å²) in [5, 5.41) is 1.07. The fourth-order valence-corrected chi connectivity index (χ4v) is 6.08. The lowest BCUT2D eigenvalue weighted by Crippen LogP contribution is -2.49. The van der Waals surface area contributed by atoms with E-state index in [0.29, 0.717) is 26.2 Å². The monoisotopic (exact) mass is 448 g/mol. The van der Waals surface area contributed by atoms with Gasteiger partial charge in [-0.1, -0.05) is 13.8 Å². The minimum absolute atomic E-state index is 0.119. The Balaban J connectivity index is 1.63. The molecule has 1 aliphatic rings. The molecule has 0 saturated carbocycles. The average Bonchev–Trinajstić information content (AvgIpc) is 3.01. The molecule has 0 N–H and O–H groups in total. The second kappa shape index (κ2) is 7.86. The van der Waals surface area contributed by atoms with Crippen LogP contribution in [0.1, 0.15) is 36.0 Å². The summed E-state index contributed by atoms with van der Waals surface area (Å²) in [7, 11) is -3.64. The first-order chi connectivity index (χ1) is 14.2. The van der Waals surface area contributed by atoms with Crippen molar-refractivity contribution in [3.05, 3.63) is 46.3 Å². The molecule has 2 aromatic heterocycles. The number of thiophene rings is 1. The highest BCUT2D eigenvalue weighted by Crippen LogP contribution is 2.36. The smallest absolute Gasteiger partial charge is 0.243 e. The number of halogens is 1. The van der Waals surface area contributed by atoms with Crippen molar-refractivity contribution >= 4 is 37.4 Å². The SMILES string of the molecule is Cc1sc2nc(C(C)C)nc(N3CCN(S(=O)(=O)c4ccc(F)cc4)CC3)c2c1C. The van der Waals surface area contributed by atoms with Crippen LogP contribution >= 0.6 is 11.3 Å². The first-order valence-electron chi connectivity index (χ1n) is 9.96. The van der Waals surface area contributed by atoms with Crippen molar-refractivity contribution in [2.24, 2.45) is 0 Å². The first kappa shape index (κ1) is 21.1. The van der Waals surface area contributed by atoms with E-state index in [-0.39, 0.29) is 10.8 Å². The predicted molar refractivity (Wildman–Crippen MR) is 118 cm³/mol. The van der Waals surface area contributed by atoms with Gasteiger partial charge in [-0.3, -0.25) is 0 Å². The largest absolute Gasteiger partial charge is 0.353 e. The molecule has 1 aliphatic heterocycles. The van der Waals surface area contributed by atoms with Crippen molar-refractivity contribution in [1.29, 1.82) is 0 Å². The zero-order valence-corrected chi connectivity index (χ0v) is 19.1. The molecule has 0 aliphatic carbocycles. The van der Waals surface area contributed by atoms with Crippen molar-refractivity contribution in [3.63, 3.8) is 0 Å². The van der Waals surface area contributed by atoms with E-state index in [1.807, 2.05) is 0 Å². The molecule has 6 nitrogen and oxygen atoms in total. The third kappa shape index (κ3) is 3.70. The van der Waals surface area contributed by atoms with Crippen LogP contribution in [0.2, 0.25) is 0 Å². The normalized spacial score (nSPS) is 16.0. The quantitative estimate of drug-likeness (QED) is 0.602. The van der Waals surface area contributed by atoms with Gasteiger partial charge in [0.05, 0.1) is 10.3 Å². The van der Waals surface area contributed by atoms with Gasteiger partial charge in [-0.15, -0.1) is 11.3 Å². The average molecular weight is 449 g/mol. The molecule has 4 rings (SSSR count). The van der Waals surface area contributed by atoms with E-state index in [4.69, 9.17) is 9.97 Å². The molecule has 30 heavy (non-hydrogen) atoms. The Hall–Kier alpha value is -2.10. The lowest BCUT2D eigenvalue weighted by molar-refractivity contribution is 0.384. The zero-order valence-electron chi connectivity index (χ0n) is 17.5. The number of nitrogens with zero attached hydrogens (tertiary/aromatic N) is 4. The summed E-state index contributed by atoms with van der Waals surface area (Å²) in [5.41, 5.74) is 1.18. The van der Waals surface area contributed by atoms with Crippen LogP contribution < -0.4 is 4.90 Å². The van der Waals surface area contributed by atoms with Crippen LogP contribution in [0.15, 0.2) is 29.2 Å². The molecule has 3 heterocycles. The van der Waals surface area contributed by atoms with Crippen molar-refractivity contribution < 1.29 is 12.8 Å². The maximum Gasteiger partial charge on any atom is 0.243 e. The summed E-state index contributed by atoms with van der Waals surface area (Å²) in [4.78, 5) is 14.1. The van der Waals surface area contributed by atoms with E-state index < -0.39 is 15.8 Å². The molecule has 1 fully saturated rings. The van der Waals surface area contributed by atoms with Crippen molar-refractivity contribution in [3.8, 4) is 0 Å². The third-order valence-corrected chi connectivity index (χ3v) is 8.55. The van der Waals surface area contributed by atoms with Gasteiger partial charge in [0.2, 0.25) is 10.0 Å². The van der Waals surface area contributed by atoms with Gasteiger partial charge in [-0.25, -0.2) is 22.8 Å². The lowest BCUT2D eigenvalue weighted by Gasteiger charge is -2.35. The van der Waals surface area contributed by atoms with E-state index in [1.54, 1.807) is 11.3 Å². The van der Waals surface area contributed by atoms with Gasteiger partial charge in [-0.2, -0.15) is 4.31 Å². The zero-order chi connectivity index (χ0) is 21.6. The number of sulfonamides is 1. The lowest BCUT2D eigenvalue weighted by atomic mass is 10.1. The summed E-state index contributed by atoms with van der Waals surface area (Å²) in [6, 6.07) is 4.99. The molecule has 0 amide bonds. The standard InChI is InChI=1S/C21H25FN4O2S2/c1-13(2)19-23-20(18-14(3)15(4)29-21(18)24-19)25-9-11-26(12-10-25)30(27,28)17-7-5-16(22)6-8-17/h5-8,13H,9-12H2,1-4H3. The summed E-state index contributed by atoms with van der Waals surface area (Å²) >= 11 is 1.68. The van der Waals surface area contributed by atoms with Gasteiger partial charge in [0.15, 0.2) is 0 Å². The van der Waals surface area contributed by atoms with Gasteiger partial charge < -0.3 is 4.90 Å². The fraction of sp³-hybridized carbons (Fsp3) is 0.429. The van der Waals surface area contributed by atoms with Crippen molar-refractivity contribution in [2.75, 3.05) is 31.1 Å². The van der Waals surface area contributed by atoms with E-state index in [1.165, 1.54) is 39.0 Å². The number of hydrogen-bond acceptors (Lipinski definition) is 6. The highest BCUT2D eigenvalue weighted by molar-refractivity contribution is 7.89. The third-order valence-electron chi connectivity index (χ3n) is 5.53. The molecule has 3 aromatic rings. The number of anilines is 1. The van der Waals surface area contributed by atoms with Crippen LogP contribution in [0.25, 0.3) is 10.2 Å². The summed E-state index contributed by atoms with van der Waals surface area (Å²) in [6.45, 7) is 10.1. The van der Waals surface area contributed by atoms with E-state index in [0.717, 1.165) is 21.9 Å². The fourth-order valence-electron chi connectivity index (χ4n) is 3.63. The van der Waals surface area contributed by atoms with Crippen LogP contribution in [0.3, 0.4) is 0 Å². The van der Waals surface area contributed by atoms with Gasteiger partial charge >= 0.3 is 0 Å². The second-order valence-electron chi connectivity index (χ2n) is 7.87. The molecule has 0 spiro atoms. The number of piperazine rings is 1. The Kier molecular flexibility index (Phi) is 5.54. The van der Waals surface area contributed by atoms with Gasteiger partial charge in [0, 0.05) is 37.0 Å². The van der Waals surface area contributed by atoms with Crippen LogP contribution in [-0.2, 0) is 10.0 Å². The van der Waals surface area contributed by atoms with E-state index >= 15 is 0 Å². The first-order valence-corrected chi connectivity index (χ1v) is 12.2. The van der Waals surface area contributed by atoms with E-state index in [9.17, 15) is 12.8 Å². The predicted octanol–water partition coefficient (Wildman–Crippen LogP) is 4.08. The Morgan fingerprint density at radius 1 is 1.03 bits per heavy atom. The van der Waals surface area contributed by atoms with Gasteiger partial charge in [-0.05, 0) is 43.7 Å². The summed E-state index contributed by atoms with van der Waals surface area (Å²) in [5.74, 6) is 1.45. The minimum atomic E-state index is -3.64.